The van der Waals surface area contributed by atoms with E-state index < -0.39 is 6.04 Å². The SMILES string of the molecule is COCC(=O)N[C@H]1CN(CCC(C)C)C[C@@H]2C[C@H](NC(=O)NC(C)C)CN2C1=O. The number of nitrogens with zero attached hydrogens (tertiary/aromatic N) is 2. The van der Waals surface area contributed by atoms with Gasteiger partial charge < -0.3 is 25.6 Å². The monoisotopic (exact) mass is 411 g/mol. The highest BCUT2D eigenvalue weighted by molar-refractivity contribution is 5.89. The van der Waals surface area contributed by atoms with Gasteiger partial charge in [-0.15, -0.1) is 0 Å². The lowest BCUT2D eigenvalue weighted by molar-refractivity contribution is -0.137. The van der Waals surface area contributed by atoms with E-state index in [1.54, 1.807) is 0 Å². The van der Waals surface area contributed by atoms with Crippen molar-refractivity contribution in [3.63, 3.8) is 0 Å². The Balaban J connectivity index is 2.08. The highest BCUT2D eigenvalue weighted by atomic mass is 16.5. The molecule has 0 bridgehead atoms. The van der Waals surface area contributed by atoms with Crippen molar-refractivity contribution in [1.29, 1.82) is 0 Å². The summed E-state index contributed by atoms with van der Waals surface area (Å²) < 4.78 is 4.89. The van der Waals surface area contributed by atoms with Gasteiger partial charge in [-0.3, -0.25) is 14.5 Å². The largest absolute Gasteiger partial charge is 0.375 e. The summed E-state index contributed by atoms with van der Waals surface area (Å²) in [5.41, 5.74) is 0. The second-order valence-corrected chi connectivity index (χ2v) is 8.84. The highest BCUT2D eigenvalue weighted by Crippen LogP contribution is 2.24. The van der Waals surface area contributed by atoms with Gasteiger partial charge in [0.25, 0.3) is 0 Å². The molecule has 3 atom stereocenters. The molecule has 166 valence electrons. The first kappa shape index (κ1) is 23.4. The second-order valence-electron chi connectivity index (χ2n) is 8.84. The number of methoxy groups -OCH3 is 1. The van der Waals surface area contributed by atoms with Gasteiger partial charge in [0.05, 0.1) is 6.04 Å². The maximum atomic E-state index is 13.2. The molecule has 2 rings (SSSR count). The molecule has 9 heteroatoms. The molecule has 0 aliphatic carbocycles. The van der Waals surface area contributed by atoms with Gasteiger partial charge in [0, 0.05) is 38.8 Å². The van der Waals surface area contributed by atoms with Crippen LogP contribution >= 0.6 is 0 Å². The molecule has 2 saturated heterocycles. The van der Waals surface area contributed by atoms with E-state index in [-0.39, 0.29) is 42.6 Å². The molecule has 9 nitrogen and oxygen atoms in total. The van der Waals surface area contributed by atoms with Crippen molar-refractivity contribution in [3.05, 3.63) is 0 Å². The number of urea groups is 1. The van der Waals surface area contributed by atoms with Crippen LogP contribution < -0.4 is 16.0 Å². The zero-order chi connectivity index (χ0) is 21.6. The van der Waals surface area contributed by atoms with Gasteiger partial charge in [-0.05, 0) is 39.2 Å². The van der Waals surface area contributed by atoms with E-state index in [1.165, 1.54) is 7.11 Å². The highest BCUT2D eigenvalue weighted by Gasteiger charge is 2.42. The zero-order valence-electron chi connectivity index (χ0n) is 18.4. The Labute approximate surface area is 173 Å². The van der Waals surface area contributed by atoms with E-state index in [2.05, 4.69) is 34.7 Å². The van der Waals surface area contributed by atoms with Crippen LogP contribution in [0.15, 0.2) is 0 Å². The molecule has 0 spiro atoms. The molecule has 0 aromatic heterocycles. The number of carbonyl (C=O) groups is 3. The normalized spacial score (nSPS) is 25.1. The van der Waals surface area contributed by atoms with Gasteiger partial charge in [0.1, 0.15) is 12.6 Å². The minimum atomic E-state index is -0.599. The summed E-state index contributed by atoms with van der Waals surface area (Å²) in [5, 5.41) is 8.63. The lowest BCUT2D eigenvalue weighted by Gasteiger charge is -2.25. The molecule has 2 aliphatic rings. The fourth-order valence-corrected chi connectivity index (χ4v) is 3.96. The van der Waals surface area contributed by atoms with Crippen molar-refractivity contribution in [2.45, 2.75) is 64.7 Å². The van der Waals surface area contributed by atoms with Crippen LogP contribution in [0.4, 0.5) is 4.79 Å². The Kier molecular flexibility index (Phi) is 8.70. The average molecular weight is 412 g/mol. The summed E-state index contributed by atoms with van der Waals surface area (Å²) >= 11 is 0. The zero-order valence-corrected chi connectivity index (χ0v) is 18.4. The Morgan fingerprint density at radius 1 is 1.14 bits per heavy atom. The van der Waals surface area contributed by atoms with Gasteiger partial charge in [0.2, 0.25) is 11.8 Å². The summed E-state index contributed by atoms with van der Waals surface area (Å²) in [6.45, 7) is 10.7. The van der Waals surface area contributed by atoms with Crippen LogP contribution in [-0.4, -0.2) is 91.7 Å². The summed E-state index contributed by atoms with van der Waals surface area (Å²) in [7, 11) is 1.46. The number of hydrogen-bond acceptors (Lipinski definition) is 5. The number of ether oxygens (including phenoxy) is 1. The lowest BCUT2D eigenvalue weighted by atomic mass is 10.1. The summed E-state index contributed by atoms with van der Waals surface area (Å²) in [6.07, 6.45) is 1.74. The summed E-state index contributed by atoms with van der Waals surface area (Å²) in [4.78, 5) is 41.4. The smallest absolute Gasteiger partial charge is 0.315 e. The number of hydrogen-bond donors (Lipinski definition) is 3. The molecule has 29 heavy (non-hydrogen) atoms. The summed E-state index contributed by atoms with van der Waals surface area (Å²) in [5.74, 6) is 0.183. The molecule has 0 radical (unpaired) electrons. The molecule has 4 amide bonds. The van der Waals surface area contributed by atoms with Crippen LogP contribution in [0.25, 0.3) is 0 Å². The maximum Gasteiger partial charge on any atom is 0.315 e. The number of nitrogens with one attached hydrogen (secondary N) is 3. The lowest BCUT2D eigenvalue weighted by Crippen LogP contribution is -2.52. The number of rotatable bonds is 8. The first-order chi connectivity index (χ1) is 13.7. The third kappa shape index (κ3) is 7.15. The molecule has 0 saturated carbocycles. The number of fused-ring (bicyclic) bond motifs is 1. The third-order valence-corrected chi connectivity index (χ3v) is 5.29. The van der Waals surface area contributed by atoms with Crippen LogP contribution in [0, 0.1) is 5.92 Å². The van der Waals surface area contributed by atoms with Gasteiger partial charge in [-0.1, -0.05) is 13.8 Å². The Bertz CT molecular complexity index is 583. The Morgan fingerprint density at radius 3 is 2.48 bits per heavy atom. The van der Waals surface area contributed by atoms with Gasteiger partial charge in [-0.25, -0.2) is 4.79 Å². The third-order valence-electron chi connectivity index (χ3n) is 5.29. The van der Waals surface area contributed by atoms with Crippen molar-refractivity contribution in [3.8, 4) is 0 Å². The topological polar surface area (TPSA) is 103 Å². The minimum Gasteiger partial charge on any atom is -0.375 e. The fourth-order valence-electron chi connectivity index (χ4n) is 3.96. The standard InChI is InChI=1S/C20H37N5O4/c1-13(2)6-7-24-10-16-8-15(22-20(28)21-14(3)4)9-25(16)19(27)17(11-24)23-18(26)12-29-5/h13-17H,6-12H2,1-5H3,(H,23,26)(H2,21,22,28)/t15-,16-,17-/m0/s1. The predicted octanol–water partition coefficient (Wildman–Crippen LogP) is 0.156. The Hall–Kier alpha value is -1.87. The van der Waals surface area contributed by atoms with Crippen LogP contribution in [0.1, 0.15) is 40.5 Å². The maximum absolute atomic E-state index is 13.2. The summed E-state index contributed by atoms with van der Waals surface area (Å²) in [6, 6.07) is -0.822. The van der Waals surface area contributed by atoms with Crippen molar-refractivity contribution >= 4 is 17.8 Å². The van der Waals surface area contributed by atoms with Gasteiger partial charge in [0.15, 0.2) is 0 Å². The molecule has 2 fully saturated rings. The molecule has 3 N–H and O–H groups in total. The molecule has 2 heterocycles. The quantitative estimate of drug-likeness (QED) is 0.528. The molecule has 0 aromatic rings. The van der Waals surface area contributed by atoms with E-state index in [0.29, 0.717) is 25.4 Å². The van der Waals surface area contributed by atoms with Crippen molar-refractivity contribution in [1.82, 2.24) is 25.8 Å². The van der Waals surface area contributed by atoms with E-state index >= 15 is 0 Å². The van der Waals surface area contributed by atoms with E-state index in [0.717, 1.165) is 19.5 Å². The van der Waals surface area contributed by atoms with Crippen molar-refractivity contribution in [2.24, 2.45) is 5.92 Å². The first-order valence-electron chi connectivity index (χ1n) is 10.6. The minimum absolute atomic E-state index is 0.0309. The Morgan fingerprint density at radius 2 is 1.86 bits per heavy atom. The molecule has 2 aliphatic heterocycles. The molecule has 0 unspecified atom stereocenters. The van der Waals surface area contributed by atoms with E-state index in [9.17, 15) is 14.4 Å². The van der Waals surface area contributed by atoms with Crippen LogP contribution in [0.5, 0.6) is 0 Å². The van der Waals surface area contributed by atoms with Gasteiger partial charge in [-0.2, -0.15) is 0 Å². The predicted molar refractivity (Wildman–Crippen MR) is 110 cm³/mol. The fraction of sp³-hybridized carbons (Fsp3) is 0.850. The van der Waals surface area contributed by atoms with Crippen LogP contribution in [0.2, 0.25) is 0 Å². The second kappa shape index (κ2) is 10.8. The molecular weight excluding hydrogens is 374 g/mol. The van der Waals surface area contributed by atoms with Gasteiger partial charge >= 0.3 is 6.03 Å². The van der Waals surface area contributed by atoms with Crippen molar-refractivity contribution < 1.29 is 19.1 Å². The van der Waals surface area contributed by atoms with Crippen LogP contribution in [0.3, 0.4) is 0 Å². The average Bonchev–Trinajstić information content (AvgIpc) is 2.94. The number of amides is 4. The van der Waals surface area contributed by atoms with E-state index in [4.69, 9.17) is 4.74 Å². The number of carbonyl (C=O) groups excluding carboxylic acids is 3. The molecule has 0 aromatic carbocycles. The first-order valence-corrected chi connectivity index (χ1v) is 10.6. The van der Waals surface area contributed by atoms with E-state index in [1.807, 2.05) is 18.7 Å². The van der Waals surface area contributed by atoms with Crippen molar-refractivity contribution in [2.75, 3.05) is 39.9 Å². The van der Waals surface area contributed by atoms with Crippen LogP contribution in [-0.2, 0) is 14.3 Å². The molecular formula is C20H37N5O4.